The van der Waals surface area contributed by atoms with Crippen molar-refractivity contribution >= 4 is 5.78 Å². The van der Waals surface area contributed by atoms with Crippen LogP contribution < -0.4 is 0 Å². The van der Waals surface area contributed by atoms with Crippen LogP contribution in [0.5, 0.6) is 0 Å². The topological polar surface area (TPSA) is 49.8 Å². The van der Waals surface area contributed by atoms with Crippen LogP contribution >= 0.6 is 0 Å². The van der Waals surface area contributed by atoms with Gasteiger partial charge in [0.15, 0.2) is 5.78 Å². The van der Waals surface area contributed by atoms with Crippen molar-refractivity contribution in [2.24, 2.45) is 29.1 Å². The summed E-state index contributed by atoms with van der Waals surface area (Å²) in [5, 5.41) is 11.2. The molecule has 1 heterocycles. The van der Waals surface area contributed by atoms with Gasteiger partial charge in [0.05, 0.1) is 0 Å². The monoisotopic (exact) mass is 328 g/mol. The van der Waals surface area contributed by atoms with Gasteiger partial charge in [-0.1, -0.05) is 12.8 Å². The highest BCUT2D eigenvalue weighted by Gasteiger charge is 2.72. The van der Waals surface area contributed by atoms with E-state index in [4.69, 9.17) is 11.2 Å². The van der Waals surface area contributed by atoms with Crippen molar-refractivity contribution in [2.45, 2.75) is 82.0 Å². The summed E-state index contributed by atoms with van der Waals surface area (Å²) < 4.78 is 6.02. The molecule has 5 rings (SSSR count). The number of hydrogen-bond acceptors (Lipinski definition) is 3. The largest absolute Gasteiger partial charge is 0.377 e. The maximum Gasteiger partial charge on any atom is 0.164 e. The van der Waals surface area contributed by atoms with Crippen LogP contribution in [0.4, 0.5) is 0 Å². The van der Waals surface area contributed by atoms with Gasteiger partial charge in [0, 0.05) is 11.8 Å². The van der Waals surface area contributed by atoms with E-state index >= 15 is 0 Å². The lowest BCUT2D eigenvalue weighted by molar-refractivity contribution is -0.126. The van der Waals surface area contributed by atoms with Gasteiger partial charge < -0.3 is 9.84 Å². The van der Waals surface area contributed by atoms with Gasteiger partial charge in [-0.15, -0.1) is 6.42 Å². The second-order valence-electron chi connectivity index (χ2n) is 9.13. The number of terminal acetylenes is 1. The summed E-state index contributed by atoms with van der Waals surface area (Å²) in [5.41, 5.74) is -1.08. The van der Waals surface area contributed by atoms with E-state index in [1.165, 1.54) is 0 Å². The summed E-state index contributed by atoms with van der Waals surface area (Å²) >= 11 is 0. The van der Waals surface area contributed by atoms with E-state index in [9.17, 15) is 9.90 Å². The number of Topliss-reactive ketones (excluding diaryl/α,β-unsaturated/α-hetero) is 1. The minimum atomic E-state index is -0.909. The van der Waals surface area contributed by atoms with Crippen LogP contribution in [-0.4, -0.2) is 28.2 Å². The van der Waals surface area contributed by atoms with Crippen molar-refractivity contribution in [3.63, 3.8) is 0 Å². The molecule has 3 heteroatoms. The summed E-state index contributed by atoms with van der Waals surface area (Å²) in [6.07, 6.45) is 14.6. The molecule has 130 valence electrons. The maximum absolute atomic E-state index is 12.1. The Morgan fingerprint density at radius 1 is 1.17 bits per heavy atom. The number of fused-ring (bicyclic) bond motifs is 4. The maximum atomic E-state index is 12.1. The molecule has 0 aromatic carbocycles. The van der Waals surface area contributed by atoms with Crippen molar-refractivity contribution in [3.8, 4) is 12.3 Å². The Hall–Kier alpha value is -0.850. The van der Waals surface area contributed by atoms with E-state index in [1.807, 2.05) is 0 Å². The van der Waals surface area contributed by atoms with Crippen molar-refractivity contribution in [2.75, 3.05) is 0 Å². The van der Waals surface area contributed by atoms with Crippen LogP contribution in [0.1, 0.15) is 64.7 Å². The molecule has 3 nitrogen and oxygen atoms in total. The highest BCUT2D eigenvalue weighted by molar-refractivity contribution is 5.88. The SMILES string of the molecule is C#CC1(O)CC[C@H]2[C@@H]3CCC45O[C@@H]4C(=O)CC[C@@H]5[C@H]3CCC21CC. The van der Waals surface area contributed by atoms with Crippen molar-refractivity contribution in [1.82, 2.24) is 0 Å². The zero-order chi connectivity index (χ0) is 16.7. The average molecular weight is 328 g/mol. The third-order valence-corrected chi connectivity index (χ3v) is 8.94. The van der Waals surface area contributed by atoms with Gasteiger partial charge >= 0.3 is 0 Å². The van der Waals surface area contributed by atoms with E-state index in [1.54, 1.807) is 0 Å². The van der Waals surface area contributed by atoms with E-state index in [-0.39, 0.29) is 17.1 Å². The van der Waals surface area contributed by atoms with Gasteiger partial charge in [-0.25, -0.2) is 0 Å². The first-order chi connectivity index (χ1) is 11.5. The van der Waals surface area contributed by atoms with Crippen molar-refractivity contribution < 1.29 is 14.6 Å². The summed E-state index contributed by atoms with van der Waals surface area (Å²) in [5.74, 6) is 5.57. The van der Waals surface area contributed by atoms with E-state index in [0.29, 0.717) is 35.9 Å². The Morgan fingerprint density at radius 2 is 1.92 bits per heavy atom. The highest BCUT2D eigenvalue weighted by Crippen LogP contribution is 2.69. The lowest BCUT2D eigenvalue weighted by Crippen LogP contribution is -2.56. The van der Waals surface area contributed by atoms with E-state index in [2.05, 4.69) is 12.8 Å². The van der Waals surface area contributed by atoms with Crippen LogP contribution in [0.2, 0.25) is 0 Å². The number of epoxide rings is 1. The molecule has 4 saturated carbocycles. The molecule has 1 spiro atoms. The Labute approximate surface area is 144 Å². The Kier molecular flexibility index (Phi) is 2.99. The number of ether oxygens (including phenoxy) is 1. The van der Waals surface area contributed by atoms with Crippen molar-refractivity contribution in [1.29, 1.82) is 0 Å². The predicted octanol–water partition coefficient (Wildman–Crippen LogP) is 3.09. The molecular formula is C21H28O3. The van der Waals surface area contributed by atoms with E-state index < -0.39 is 5.60 Å². The fourth-order valence-electron chi connectivity index (χ4n) is 7.83. The second kappa shape index (κ2) is 4.65. The second-order valence-corrected chi connectivity index (χ2v) is 9.13. The zero-order valence-electron chi connectivity index (χ0n) is 14.6. The van der Waals surface area contributed by atoms with Gasteiger partial charge in [0.25, 0.3) is 0 Å². The molecule has 1 N–H and O–H groups in total. The zero-order valence-corrected chi connectivity index (χ0v) is 14.6. The molecule has 8 atom stereocenters. The first-order valence-electron chi connectivity index (χ1n) is 9.92. The van der Waals surface area contributed by atoms with Gasteiger partial charge in [-0.05, 0) is 75.0 Å². The van der Waals surface area contributed by atoms with Gasteiger partial charge in [0.2, 0.25) is 0 Å². The predicted molar refractivity (Wildman–Crippen MR) is 90.0 cm³/mol. The Balaban J connectivity index is 1.48. The molecule has 0 amide bonds. The molecule has 3 unspecified atom stereocenters. The molecule has 1 aliphatic heterocycles. The number of carbonyl (C=O) groups is 1. The molecular weight excluding hydrogens is 300 g/mol. The first kappa shape index (κ1) is 15.4. The van der Waals surface area contributed by atoms with Crippen LogP contribution in [0.25, 0.3) is 0 Å². The molecule has 24 heavy (non-hydrogen) atoms. The third kappa shape index (κ3) is 1.56. The Bertz CT molecular complexity index is 635. The summed E-state index contributed by atoms with van der Waals surface area (Å²) in [4.78, 5) is 12.1. The smallest absolute Gasteiger partial charge is 0.164 e. The quantitative estimate of drug-likeness (QED) is 0.594. The molecule has 0 bridgehead atoms. The molecule has 1 saturated heterocycles. The molecule has 5 fully saturated rings. The fraction of sp³-hybridized carbons (Fsp3) is 0.857. The average Bonchev–Trinajstić information content (AvgIpc) is 3.26. The lowest BCUT2D eigenvalue weighted by atomic mass is 9.48. The van der Waals surface area contributed by atoms with Crippen LogP contribution in [0.15, 0.2) is 0 Å². The number of rotatable bonds is 1. The van der Waals surface area contributed by atoms with Gasteiger partial charge in [-0.2, -0.15) is 0 Å². The molecule has 0 radical (unpaired) electrons. The van der Waals surface area contributed by atoms with Crippen LogP contribution in [-0.2, 0) is 9.53 Å². The molecule has 5 aliphatic rings. The highest BCUT2D eigenvalue weighted by atomic mass is 16.6. The normalized spacial score (nSPS) is 58.0. The standard InChI is InChI=1S/C21H28O3/c1-3-19-10-7-14-13(15(19)9-11-20(19,23)4-2)8-12-21-16(14)5-6-17(22)18(21)24-21/h2,13-16,18,23H,3,5-12H2,1H3/t13-,14+,15+,16-,18-,19?,20?,21?/m1/s1. The fourth-order valence-corrected chi connectivity index (χ4v) is 7.83. The minimum Gasteiger partial charge on any atom is -0.377 e. The number of hydrogen-bond donors (Lipinski definition) is 1. The first-order valence-corrected chi connectivity index (χ1v) is 9.92. The summed E-state index contributed by atoms with van der Waals surface area (Å²) in [7, 11) is 0. The summed E-state index contributed by atoms with van der Waals surface area (Å²) in [6, 6.07) is 0. The summed E-state index contributed by atoms with van der Waals surface area (Å²) in [6.45, 7) is 2.21. The Morgan fingerprint density at radius 3 is 2.67 bits per heavy atom. The number of aliphatic hydroxyl groups is 1. The number of carbonyl (C=O) groups excluding carboxylic acids is 1. The minimum absolute atomic E-state index is 0.0816. The number of ketones is 1. The van der Waals surface area contributed by atoms with Crippen molar-refractivity contribution in [3.05, 3.63) is 0 Å². The van der Waals surface area contributed by atoms with Gasteiger partial charge in [0.1, 0.15) is 17.3 Å². The third-order valence-electron chi connectivity index (χ3n) is 8.94. The van der Waals surface area contributed by atoms with Crippen LogP contribution in [0, 0.1) is 41.4 Å². The van der Waals surface area contributed by atoms with Crippen LogP contribution in [0.3, 0.4) is 0 Å². The molecule has 0 aromatic rings. The van der Waals surface area contributed by atoms with E-state index in [0.717, 1.165) is 51.4 Å². The molecule has 0 aromatic heterocycles. The van der Waals surface area contributed by atoms with Gasteiger partial charge in [-0.3, -0.25) is 4.79 Å². The molecule has 4 aliphatic carbocycles. The lowest BCUT2D eigenvalue weighted by Gasteiger charge is -2.56.